The van der Waals surface area contributed by atoms with Gasteiger partial charge in [0.15, 0.2) is 0 Å². The standard InChI is InChI=1S/C17H12IN3/c1-11-15-17(21-10-6-5-9-13(21)20-15)14(18)16(19-11)12-7-3-2-4-8-12/h2-10H,1H3. The summed E-state index contributed by atoms with van der Waals surface area (Å²) in [6, 6.07) is 16.4. The van der Waals surface area contributed by atoms with Gasteiger partial charge in [0.25, 0.3) is 0 Å². The van der Waals surface area contributed by atoms with E-state index in [0.717, 1.165) is 37.2 Å². The molecule has 3 aromatic heterocycles. The van der Waals surface area contributed by atoms with Crippen LogP contribution in [0.25, 0.3) is 27.9 Å². The highest BCUT2D eigenvalue weighted by Crippen LogP contribution is 2.31. The average molecular weight is 385 g/mol. The zero-order chi connectivity index (χ0) is 14.4. The number of hydrogen-bond donors (Lipinski definition) is 0. The highest BCUT2D eigenvalue weighted by molar-refractivity contribution is 14.1. The summed E-state index contributed by atoms with van der Waals surface area (Å²) in [5.74, 6) is 0. The van der Waals surface area contributed by atoms with E-state index in [0.29, 0.717) is 0 Å². The molecule has 4 rings (SSSR count). The molecule has 4 aromatic rings. The van der Waals surface area contributed by atoms with E-state index in [1.165, 1.54) is 0 Å². The summed E-state index contributed by atoms with van der Waals surface area (Å²) in [6.07, 6.45) is 2.06. The molecule has 0 spiro atoms. The molecule has 102 valence electrons. The van der Waals surface area contributed by atoms with Crippen LogP contribution in [-0.4, -0.2) is 14.4 Å². The van der Waals surface area contributed by atoms with Crippen molar-refractivity contribution in [2.75, 3.05) is 0 Å². The van der Waals surface area contributed by atoms with Gasteiger partial charge in [-0.15, -0.1) is 0 Å². The first-order chi connectivity index (χ1) is 10.3. The predicted octanol–water partition coefficient (Wildman–Crippen LogP) is 4.46. The molecule has 0 saturated heterocycles. The van der Waals surface area contributed by atoms with Crippen molar-refractivity contribution in [1.82, 2.24) is 14.4 Å². The Labute approximate surface area is 135 Å². The lowest BCUT2D eigenvalue weighted by Gasteiger charge is -2.07. The summed E-state index contributed by atoms with van der Waals surface area (Å²) >= 11 is 2.38. The summed E-state index contributed by atoms with van der Waals surface area (Å²) in [6.45, 7) is 2.03. The van der Waals surface area contributed by atoms with Gasteiger partial charge in [-0.25, -0.2) is 9.97 Å². The van der Waals surface area contributed by atoms with Crippen LogP contribution in [0.4, 0.5) is 0 Å². The number of halogens is 1. The molecule has 4 heteroatoms. The fraction of sp³-hybridized carbons (Fsp3) is 0.0588. The smallest absolute Gasteiger partial charge is 0.138 e. The van der Waals surface area contributed by atoms with E-state index >= 15 is 0 Å². The van der Waals surface area contributed by atoms with Crippen LogP contribution < -0.4 is 0 Å². The third-order valence-electron chi connectivity index (χ3n) is 3.62. The van der Waals surface area contributed by atoms with Crippen LogP contribution in [-0.2, 0) is 0 Å². The largest absolute Gasteiger partial charge is 0.298 e. The SMILES string of the molecule is Cc1nc(-c2ccccc2)c(I)c2c1nc1ccccn12. The Kier molecular flexibility index (Phi) is 2.92. The molecule has 0 radical (unpaired) electrons. The van der Waals surface area contributed by atoms with Gasteiger partial charge < -0.3 is 0 Å². The number of benzene rings is 1. The molecule has 0 saturated carbocycles. The quantitative estimate of drug-likeness (QED) is 0.453. The van der Waals surface area contributed by atoms with E-state index in [2.05, 4.69) is 45.3 Å². The third kappa shape index (κ3) is 1.93. The molecule has 3 heterocycles. The van der Waals surface area contributed by atoms with Crippen molar-refractivity contribution in [3.63, 3.8) is 0 Å². The molecular formula is C17H12IN3. The van der Waals surface area contributed by atoms with Gasteiger partial charge in [0.1, 0.15) is 11.2 Å². The van der Waals surface area contributed by atoms with Crippen LogP contribution in [0.15, 0.2) is 54.7 Å². The average Bonchev–Trinajstić information content (AvgIpc) is 2.92. The number of nitrogens with zero attached hydrogens (tertiary/aromatic N) is 3. The summed E-state index contributed by atoms with van der Waals surface area (Å²) in [7, 11) is 0. The van der Waals surface area contributed by atoms with E-state index in [4.69, 9.17) is 9.97 Å². The summed E-state index contributed by atoms with van der Waals surface area (Å²) in [4.78, 5) is 9.49. The second-order valence-corrected chi connectivity index (χ2v) is 6.04. The Balaban J connectivity index is 2.16. The van der Waals surface area contributed by atoms with Crippen molar-refractivity contribution in [3.05, 3.63) is 64.0 Å². The van der Waals surface area contributed by atoms with Gasteiger partial charge in [0.2, 0.25) is 0 Å². The van der Waals surface area contributed by atoms with Crippen LogP contribution in [0.1, 0.15) is 5.69 Å². The number of imidazole rings is 1. The lowest BCUT2D eigenvalue weighted by atomic mass is 10.1. The Hall–Kier alpha value is -1.95. The van der Waals surface area contributed by atoms with Crippen LogP contribution in [0, 0.1) is 10.5 Å². The molecule has 0 atom stereocenters. The first-order valence-electron chi connectivity index (χ1n) is 6.74. The van der Waals surface area contributed by atoms with Crippen molar-refractivity contribution >= 4 is 39.3 Å². The molecule has 0 bridgehead atoms. The Bertz CT molecular complexity index is 958. The molecule has 0 fully saturated rings. The summed E-state index contributed by atoms with van der Waals surface area (Å²) in [5, 5.41) is 0. The Morgan fingerprint density at radius 1 is 0.952 bits per heavy atom. The third-order valence-corrected chi connectivity index (χ3v) is 4.64. The second-order valence-electron chi connectivity index (χ2n) is 4.96. The van der Waals surface area contributed by atoms with Crippen LogP contribution in [0.5, 0.6) is 0 Å². The number of aryl methyl sites for hydroxylation is 1. The molecule has 0 N–H and O–H groups in total. The maximum Gasteiger partial charge on any atom is 0.138 e. The highest BCUT2D eigenvalue weighted by atomic mass is 127. The Morgan fingerprint density at radius 3 is 2.52 bits per heavy atom. The molecule has 0 aliphatic carbocycles. The first-order valence-corrected chi connectivity index (χ1v) is 7.82. The lowest BCUT2D eigenvalue weighted by Crippen LogP contribution is -1.95. The Morgan fingerprint density at radius 2 is 1.71 bits per heavy atom. The molecule has 0 aliphatic heterocycles. The van der Waals surface area contributed by atoms with Gasteiger partial charge in [0, 0.05) is 11.8 Å². The normalized spacial score (nSPS) is 11.3. The van der Waals surface area contributed by atoms with E-state index < -0.39 is 0 Å². The van der Waals surface area contributed by atoms with Crippen molar-refractivity contribution < 1.29 is 0 Å². The summed E-state index contributed by atoms with van der Waals surface area (Å²) in [5.41, 5.74) is 6.20. The summed E-state index contributed by atoms with van der Waals surface area (Å²) < 4.78 is 3.27. The minimum Gasteiger partial charge on any atom is -0.298 e. The minimum atomic E-state index is 0.959. The monoisotopic (exact) mass is 385 g/mol. The molecule has 3 nitrogen and oxygen atoms in total. The number of pyridine rings is 2. The molecule has 0 unspecified atom stereocenters. The number of fused-ring (bicyclic) bond motifs is 3. The first kappa shape index (κ1) is 12.8. The maximum atomic E-state index is 4.78. The fourth-order valence-corrected chi connectivity index (χ4v) is 3.57. The number of hydrogen-bond acceptors (Lipinski definition) is 2. The lowest BCUT2D eigenvalue weighted by molar-refractivity contribution is 1.20. The van der Waals surface area contributed by atoms with E-state index in [1.807, 2.05) is 43.3 Å². The van der Waals surface area contributed by atoms with E-state index in [9.17, 15) is 0 Å². The number of rotatable bonds is 1. The van der Waals surface area contributed by atoms with Crippen LogP contribution >= 0.6 is 22.6 Å². The van der Waals surface area contributed by atoms with Crippen LogP contribution in [0.3, 0.4) is 0 Å². The number of aromatic nitrogens is 3. The van der Waals surface area contributed by atoms with Gasteiger partial charge in [-0.1, -0.05) is 36.4 Å². The maximum absolute atomic E-state index is 4.78. The van der Waals surface area contributed by atoms with Crippen LogP contribution in [0.2, 0.25) is 0 Å². The van der Waals surface area contributed by atoms with Crippen molar-refractivity contribution in [1.29, 1.82) is 0 Å². The minimum absolute atomic E-state index is 0.959. The molecule has 21 heavy (non-hydrogen) atoms. The van der Waals surface area contributed by atoms with Gasteiger partial charge in [-0.2, -0.15) is 0 Å². The highest BCUT2D eigenvalue weighted by Gasteiger charge is 2.16. The van der Waals surface area contributed by atoms with E-state index in [1.54, 1.807) is 0 Å². The van der Waals surface area contributed by atoms with E-state index in [-0.39, 0.29) is 0 Å². The molecule has 1 aromatic carbocycles. The van der Waals surface area contributed by atoms with Crippen molar-refractivity contribution in [2.24, 2.45) is 0 Å². The zero-order valence-corrected chi connectivity index (χ0v) is 13.6. The van der Waals surface area contributed by atoms with Gasteiger partial charge >= 0.3 is 0 Å². The topological polar surface area (TPSA) is 30.2 Å². The van der Waals surface area contributed by atoms with Gasteiger partial charge in [0.05, 0.1) is 20.5 Å². The predicted molar refractivity (Wildman–Crippen MR) is 93.4 cm³/mol. The zero-order valence-electron chi connectivity index (χ0n) is 11.4. The fourth-order valence-electron chi connectivity index (χ4n) is 2.63. The van der Waals surface area contributed by atoms with Crippen molar-refractivity contribution in [2.45, 2.75) is 6.92 Å². The van der Waals surface area contributed by atoms with Gasteiger partial charge in [-0.05, 0) is 41.6 Å². The van der Waals surface area contributed by atoms with Crippen molar-refractivity contribution in [3.8, 4) is 11.3 Å². The second kappa shape index (κ2) is 4.80. The molecule has 0 aliphatic rings. The van der Waals surface area contributed by atoms with Gasteiger partial charge in [-0.3, -0.25) is 4.40 Å². The molecule has 0 amide bonds. The molecular weight excluding hydrogens is 373 g/mol.